The van der Waals surface area contributed by atoms with Gasteiger partial charge in [0.15, 0.2) is 9.84 Å². The zero-order valence-electron chi connectivity index (χ0n) is 24.6. The molecule has 0 spiro atoms. The molecule has 0 bridgehead atoms. The van der Waals surface area contributed by atoms with Crippen molar-refractivity contribution in [1.29, 1.82) is 0 Å². The van der Waals surface area contributed by atoms with Crippen LogP contribution in [-0.2, 0) is 32.1 Å². The molecule has 234 valence electrons. The molecule has 2 aromatic carbocycles. The second-order valence-corrected chi connectivity index (χ2v) is 12.7. The van der Waals surface area contributed by atoms with Gasteiger partial charge < -0.3 is 14.4 Å². The van der Waals surface area contributed by atoms with Gasteiger partial charge in [-0.15, -0.1) is 0 Å². The number of carbonyl (C=O) groups excluding carboxylic acids is 2. The Balaban J connectivity index is 1.53. The summed E-state index contributed by atoms with van der Waals surface area (Å²) >= 11 is 0. The van der Waals surface area contributed by atoms with Gasteiger partial charge in [0.25, 0.3) is 0 Å². The second-order valence-electron chi connectivity index (χ2n) is 10.7. The van der Waals surface area contributed by atoms with Crippen LogP contribution in [0.15, 0.2) is 64.5 Å². The first-order valence-corrected chi connectivity index (χ1v) is 14.9. The van der Waals surface area contributed by atoms with Gasteiger partial charge in [-0.05, 0) is 44.5 Å². The van der Waals surface area contributed by atoms with Gasteiger partial charge in [-0.1, -0.05) is 30.3 Å². The van der Waals surface area contributed by atoms with Gasteiger partial charge >= 0.3 is 12.3 Å². The van der Waals surface area contributed by atoms with Crippen LogP contribution in [0.1, 0.15) is 37.5 Å². The number of alkyl halides is 3. The lowest BCUT2D eigenvalue weighted by atomic mass is 10.1. The standard InChI is InChI=1S/C29H35F3N4O6S/c1-28(2,3)42-27(38)36-16-15-34-26(36)21-10-8-20(9-11-21)18-35(4)25(37)7-6-14-33-19-43(39,40)24-13-12-22(41-5)17-23(24)29(30,31)32/h6-13,17,33H,14-16,18-19H2,1-5H3/b7-6+. The fourth-order valence-electron chi connectivity index (χ4n) is 4.07. The molecule has 0 saturated carbocycles. The summed E-state index contributed by atoms with van der Waals surface area (Å²) in [6.45, 7) is 6.47. The molecule has 0 unspecified atom stereocenters. The maximum Gasteiger partial charge on any atom is 0.417 e. The van der Waals surface area contributed by atoms with Crippen molar-refractivity contribution >= 4 is 27.7 Å². The van der Waals surface area contributed by atoms with Gasteiger partial charge in [-0.25, -0.2) is 13.2 Å². The van der Waals surface area contributed by atoms with Crippen molar-refractivity contribution in [3.8, 4) is 5.75 Å². The number of halogens is 3. The number of ether oxygens (including phenoxy) is 2. The zero-order valence-corrected chi connectivity index (χ0v) is 25.4. The Labute approximate surface area is 249 Å². The van der Waals surface area contributed by atoms with E-state index in [0.29, 0.717) is 25.0 Å². The molecule has 0 aliphatic carbocycles. The summed E-state index contributed by atoms with van der Waals surface area (Å²) in [4.78, 5) is 31.6. The predicted octanol–water partition coefficient (Wildman–Crippen LogP) is 4.25. The number of rotatable bonds is 10. The second kappa shape index (κ2) is 13.6. The van der Waals surface area contributed by atoms with Gasteiger partial charge in [0, 0.05) is 31.8 Å². The number of nitrogens with one attached hydrogen (secondary N) is 1. The van der Waals surface area contributed by atoms with E-state index >= 15 is 0 Å². The number of hydrogen-bond donors (Lipinski definition) is 1. The lowest BCUT2D eigenvalue weighted by molar-refractivity contribution is -0.140. The SMILES string of the molecule is COc1ccc(S(=O)(=O)CNC/C=C/C(=O)N(C)Cc2ccc(C3=NCCN3C(=O)OC(C)(C)C)cc2)c(C(F)(F)F)c1. The maximum atomic E-state index is 13.4. The Kier molecular flexibility index (Phi) is 10.6. The molecule has 0 atom stereocenters. The smallest absolute Gasteiger partial charge is 0.417 e. The van der Waals surface area contributed by atoms with Crippen LogP contribution in [0.5, 0.6) is 5.75 Å². The molecule has 3 rings (SSSR count). The summed E-state index contributed by atoms with van der Waals surface area (Å²) in [5, 5.41) is 2.54. The summed E-state index contributed by atoms with van der Waals surface area (Å²) in [7, 11) is -1.56. The number of carbonyl (C=O) groups is 2. The number of aliphatic imine (C=N–C) groups is 1. The maximum absolute atomic E-state index is 13.4. The van der Waals surface area contributed by atoms with Gasteiger partial charge in [0.1, 0.15) is 23.1 Å². The minimum absolute atomic E-state index is 0.0682. The first-order valence-electron chi connectivity index (χ1n) is 13.3. The fourth-order valence-corrected chi connectivity index (χ4v) is 5.40. The highest BCUT2D eigenvalue weighted by Crippen LogP contribution is 2.36. The van der Waals surface area contributed by atoms with E-state index in [-0.39, 0.29) is 24.7 Å². The number of likely N-dealkylation sites (N-methyl/N-ethyl adjacent to an activating group) is 1. The molecule has 0 radical (unpaired) electrons. The van der Waals surface area contributed by atoms with Crippen molar-refractivity contribution in [1.82, 2.24) is 15.1 Å². The normalized spacial score (nSPS) is 14.1. The minimum atomic E-state index is -4.89. The van der Waals surface area contributed by atoms with Crippen molar-refractivity contribution in [2.24, 2.45) is 4.99 Å². The summed E-state index contributed by atoms with van der Waals surface area (Å²) in [6, 6.07) is 9.89. The molecule has 1 aliphatic heterocycles. The monoisotopic (exact) mass is 624 g/mol. The number of methoxy groups -OCH3 is 1. The van der Waals surface area contributed by atoms with Crippen LogP contribution in [-0.4, -0.2) is 81.3 Å². The minimum Gasteiger partial charge on any atom is -0.497 e. The highest BCUT2D eigenvalue weighted by molar-refractivity contribution is 7.91. The van der Waals surface area contributed by atoms with E-state index in [4.69, 9.17) is 9.47 Å². The Morgan fingerprint density at radius 1 is 1.12 bits per heavy atom. The van der Waals surface area contributed by atoms with Crippen molar-refractivity contribution in [2.75, 3.05) is 39.7 Å². The van der Waals surface area contributed by atoms with Crippen molar-refractivity contribution in [3.05, 3.63) is 71.3 Å². The molecule has 2 amide bonds. The van der Waals surface area contributed by atoms with E-state index in [2.05, 4.69) is 10.3 Å². The van der Waals surface area contributed by atoms with Crippen molar-refractivity contribution in [2.45, 2.75) is 44.0 Å². The predicted molar refractivity (Wildman–Crippen MR) is 154 cm³/mol. The number of hydrogen-bond acceptors (Lipinski definition) is 8. The van der Waals surface area contributed by atoms with E-state index in [1.165, 1.54) is 29.1 Å². The number of nitrogens with zero attached hydrogens (tertiary/aromatic N) is 3. The number of sulfone groups is 1. The third-order valence-corrected chi connectivity index (χ3v) is 7.72. The van der Waals surface area contributed by atoms with Crippen LogP contribution >= 0.6 is 0 Å². The molecule has 10 nitrogen and oxygen atoms in total. The first-order chi connectivity index (χ1) is 20.0. The Bertz CT molecular complexity index is 1480. The highest BCUT2D eigenvalue weighted by Gasteiger charge is 2.37. The van der Waals surface area contributed by atoms with E-state index < -0.39 is 44.0 Å². The van der Waals surface area contributed by atoms with E-state index in [1.54, 1.807) is 27.8 Å². The fraction of sp³-hybridized carbons (Fsp3) is 0.414. The molecule has 43 heavy (non-hydrogen) atoms. The molecular formula is C29H35F3N4O6S. The van der Waals surface area contributed by atoms with Gasteiger partial charge in [0.05, 0.1) is 30.7 Å². The third-order valence-electron chi connectivity index (χ3n) is 6.10. The average molecular weight is 625 g/mol. The lowest BCUT2D eigenvalue weighted by Crippen LogP contribution is -2.39. The number of benzene rings is 2. The summed E-state index contributed by atoms with van der Waals surface area (Å²) < 4.78 is 75.7. The zero-order chi connectivity index (χ0) is 32.0. The molecular weight excluding hydrogens is 589 g/mol. The largest absolute Gasteiger partial charge is 0.497 e. The third kappa shape index (κ3) is 9.29. The molecule has 14 heteroatoms. The van der Waals surface area contributed by atoms with E-state index in [1.807, 2.05) is 24.3 Å². The van der Waals surface area contributed by atoms with Crippen LogP contribution in [0.4, 0.5) is 18.0 Å². The molecule has 0 saturated heterocycles. The van der Waals surface area contributed by atoms with Gasteiger partial charge in [0.2, 0.25) is 5.91 Å². The molecule has 1 N–H and O–H groups in total. The molecule has 1 heterocycles. The van der Waals surface area contributed by atoms with Gasteiger partial charge in [-0.2, -0.15) is 13.2 Å². The van der Waals surface area contributed by atoms with Crippen LogP contribution in [0.3, 0.4) is 0 Å². The molecule has 0 fully saturated rings. The summed E-state index contributed by atoms with van der Waals surface area (Å²) in [5.41, 5.74) is -0.393. The quantitative estimate of drug-likeness (QED) is 0.310. The first kappa shape index (κ1) is 33.6. The Hall–Kier alpha value is -3.91. The van der Waals surface area contributed by atoms with Crippen LogP contribution < -0.4 is 10.1 Å². The van der Waals surface area contributed by atoms with Crippen LogP contribution in [0, 0.1) is 0 Å². The Morgan fingerprint density at radius 2 is 1.79 bits per heavy atom. The molecule has 2 aromatic rings. The van der Waals surface area contributed by atoms with E-state index in [9.17, 15) is 31.2 Å². The van der Waals surface area contributed by atoms with Gasteiger partial charge in [-0.3, -0.25) is 20.0 Å². The topological polar surface area (TPSA) is 118 Å². The van der Waals surface area contributed by atoms with E-state index in [0.717, 1.165) is 23.3 Å². The van der Waals surface area contributed by atoms with Crippen molar-refractivity contribution in [3.63, 3.8) is 0 Å². The molecule has 0 aromatic heterocycles. The van der Waals surface area contributed by atoms with Crippen molar-refractivity contribution < 1.29 is 40.7 Å². The summed E-state index contributed by atoms with van der Waals surface area (Å²) in [6.07, 6.45) is -2.73. The van der Waals surface area contributed by atoms with Crippen LogP contribution in [0.2, 0.25) is 0 Å². The molecule has 1 aliphatic rings. The number of amides is 2. The Morgan fingerprint density at radius 3 is 2.40 bits per heavy atom. The highest BCUT2D eigenvalue weighted by atomic mass is 32.2. The summed E-state index contributed by atoms with van der Waals surface area (Å²) in [5.74, 6) is -0.725. The average Bonchev–Trinajstić information content (AvgIpc) is 3.41. The lowest BCUT2D eigenvalue weighted by Gasteiger charge is -2.25. The van der Waals surface area contributed by atoms with Crippen LogP contribution in [0.25, 0.3) is 0 Å². The number of amidine groups is 1.